The van der Waals surface area contributed by atoms with Gasteiger partial charge in [0.25, 0.3) is 0 Å². The number of benzene rings is 2. The van der Waals surface area contributed by atoms with E-state index in [1.54, 1.807) is 17.2 Å². The Balaban J connectivity index is 1.55. The summed E-state index contributed by atoms with van der Waals surface area (Å²) in [6.45, 7) is 1.05. The lowest BCUT2D eigenvalue weighted by molar-refractivity contribution is -0.117. The number of aromatic nitrogens is 1. The zero-order chi connectivity index (χ0) is 22.7. The molecule has 3 aromatic rings. The van der Waals surface area contributed by atoms with E-state index in [-0.39, 0.29) is 0 Å². The third kappa shape index (κ3) is 4.99. The Morgan fingerprint density at radius 2 is 1.81 bits per heavy atom. The minimum absolute atomic E-state index is 0.391. The lowest BCUT2D eigenvalue weighted by atomic mass is 10.2. The van der Waals surface area contributed by atoms with Gasteiger partial charge in [0.2, 0.25) is 9.70 Å². The molecule has 1 fully saturated rings. The van der Waals surface area contributed by atoms with Crippen molar-refractivity contribution < 1.29 is 4.79 Å². The Labute approximate surface area is 206 Å². The van der Waals surface area contributed by atoms with Crippen LogP contribution in [-0.2, 0) is 4.79 Å². The number of amides is 1. The fraction of sp³-hybridized carbons (Fsp3) is 0.174. The van der Waals surface area contributed by atoms with Gasteiger partial charge in [0.05, 0.1) is 11.2 Å². The molecule has 0 aliphatic carbocycles. The van der Waals surface area contributed by atoms with Gasteiger partial charge in [-0.2, -0.15) is 0 Å². The van der Waals surface area contributed by atoms with Crippen molar-refractivity contribution in [3.63, 3.8) is 0 Å². The molecule has 1 unspecified atom stereocenters. The molecule has 2 aromatic carbocycles. The maximum atomic E-state index is 12.6. The summed E-state index contributed by atoms with van der Waals surface area (Å²) >= 11 is 24.5. The van der Waals surface area contributed by atoms with Crippen molar-refractivity contribution in [2.75, 3.05) is 18.0 Å². The number of alkyl halides is 3. The van der Waals surface area contributed by atoms with Gasteiger partial charge in [0.15, 0.2) is 11.3 Å². The predicted molar refractivity (Wildman–Crippen MR) is 136 cm³/mol. The van der Waals surface area contributed by atoms with E-state index >= 15 is 0 Å². The molecule has 5 nitrogen and oxygen atoms in total. The van der Waals surface area contributed by atoms with Gasteiger partial charge in [0, 0.05) is 30.7 Å². The van der Waals surface area contributed by atoms with E-state index in [0.717, 1.165) is 22.2 Å². The van der Waals surface area contributed by atoms with E-state index in [9.17, 15) is 4.79 Å². The number of hydrogen-bond donors (Lipinski definition) is 1. The second-order valence-electron chi connectivity index (χ2n) is 7.18. The first-order valence-corrected chi connectivity index (χ1v) is 11.4. The van der Waals surface area contributed by atoms with Crippen LogP contribution in [0.1, 0.15) is 5.56 Å². The summed E-state index contributed by atoms with van der Waals surface area (Å²) in [6.07, 6.45) is 3.90. The number of pyridine rings is 1. The molecule has 1 aliphatic rings. The van der Waals surface area contributed by atoms with E-state index in [4.69, 9.17) is 47.0 Å². The zero-order valence-corrected chi connectivity index (χ0v) is 19.9. The van der Waals surface area contributed by atoms with Gasteiger partial charge in [-0.1, -0.05) is 83.3 Å². The first kappa shape index (κ1) is 22.8. The van der Waals surface area contributed by atoms with E-state index in [0.29, 0.717) is 18.2 Å². The van der Waals surface area contributed by atoms with Gasteiger partial charge < -0.3 is 15.1 Å². The summed E-state index contributed by atoms with van der Waals surface area (Å²) in [4.78, 5) is 20.8. The number of thiocarbonyl (C=S) groups is 1. The minimum atomic E-state index is -1.80. The molecule has 9 heteroatoms. The SMILES string of the molecule is O=C(/C=C/c1ccccc1)NC(N1CCN(c2cccc3cccnc23)C1=S)C(Cl)(Cl)Cl. The quantitative estimate of drug-likeness (QED) is 0.295. The van der Waals surface area contributed by atoms with Crippen LogP contribution in [0.15, 0.2) is 72.9 Å². The Hall–Kier alpha value is -2.38. The smallest absolute Gasteiger partial charge is 0.245 e. The number of hydrogen-bond acceptors (Lipinski definition) is 3. The summed E-state index contributed by atoms with van der Waals surface area (Å²) in [5.74, 6) is -0.391. The third-order valence-corrected chi connectivity index (χ3v) is 6.15. The monoisotopic (exact) mass is 504 g/mol. The molecule has 0 radical (unpaired) electrons. The summed E-state index contributed by atoms with van der Waals surface area (Å²) in [7, 11) is 0. The third-order valence-electron chi connectivity index (χ3n) is 5.07. The molecule has 164 valence electrons. The topological polar surface area (TPSA) is 48.5 Å². The molecule has 4 rings (SSSR count). The molecule has 1 atom stereocenters. The Bertz CT molecular complexity index is 1160. The van der Waals surface area contributed by atoms with E-state index in [1.165, 1.54) is 6.08 Å². The summed E-state index contributed by atoms with van der Waals surface area (Å²) in [5, 5.41) is 4.24. The first-order valence-electron chi connectivity index (χ1n) is 9.87. The highest BCUT2D eigenvalue weighted by atomic mass is 35.6. The van der Waals surface area contributed by atoms with Crippen molar-refractivity contribution in [1.82, 2.24) is 15.2 Å². The van der Waals surface area contributed by atoms with Crippen molar-refractivity contribution in [1.29, 1.82) is 0 Å². The van der Waals surface area contributed by atoms with Crippen molar-refractivity contribution in [2.24, 2.45) is 0 Å². The average molecular weight is 506 g/mol. The molecule has 0 bridgehead atoms. The number of fused-ring (bicyclic) bond motifs is 1. The van der Waals surface area contributed by atoms with Gasteiger partial charge in [0.1, 0.15) is 0 Å². The minimum Gasteiger partial charge on any atom is -0.328 e. The highest BCUT2D eigenvalue weighted by Crippen LogP contribution is 2.35. The van der Waals surface area contributed by atoms with E-state index in [2.05, 4.69) is 10.3 Å². The fourth-order valence-electron chi connectivity index (χ4n) is 3.58. The highest BCUT2D eigenvalue weighted by molar-refractivity contribution is 7.80. The molecule has 1 amide bonds. The molecule has 1 aromatic heterocycles. The van der Waals surface area contributed by atoms with E-state index in [1.807, 2.05) is 65.6 Å². The summed E-state index contributed by atoms with van der Waals surface area (Å²) in [5.41, 5.74) is 2.59. The Kier molecular flexibility index (Phi) is 6.86. The number of para-hydroxylation sites is 1. The van der Waals surface area contributed by atoms with Crippen LogP contribution >= 0.6 is 47.0 Å². The molecular formula is C23H19Cl3N4OS. The number of halogens is 3. The van der Waals surface area contributed by atoms with Gasteiger partial charge in [-0.25, -0.2) is 0 Å². The summed E-state index contributed by atoms with van der Waals surface area (Å²) < 4.78 is -1.80. The first-order chi connectivity index (χ1) is 15.3. The Morgan fingerprint density at radius 1 is 1.06 bits per heavy atom. The molecule has 0 spiro atoms. The van der Waals surface area contributed by atoms with Crippen molar-refractivity contribution in [3.05, 3.63) is 78.5 Å². The van der Waals surface area contributed by atoms with Crippen LogP contribution in [0.2, 0.25) is 0 Å². The molecule has 2 heterocycles. The van der Waals surface area contributed by atoms with Gasteiger partial charge in [-0.3, -0.25) is 9.78 Å². The second-order valence-corrected chi connectivity index (χ2v) is 9.91. The van der Waals surface area contributed by atoms with Crippen molar-refractivity contribution in [2.45, 2.75) is 9.96 Å². The van der Waals surface area contributed by atoms with Gasteiger partial charge >= 0.3 is 0 Å². The maximum absolute atomic E-state index is 12.6. The standard InChI is InChI=1S/C23H19Cl3N4OS/c24-23(25,26)21(28-19(31)12-11-16-6-2-1-3-7-16)30-15-14-29(22(30)32)18-10-4-8-17-9-5-13-27-20(17)18/h1-13,21H,14-15H2,(H,28,31)/b12-11+. The van der Waals surface area contributed by atoms with Crippen molar-refractivity contribution >= 4 is 80.7 Å². The maximum Gasteiger partial charge on any atom is 0.245 e. The lowest BCUT2D eigenvalue weighted by Gasteiger charge is -2.34. The number of rotatable bonds is 5. The van der Waals surface area contributed by atoms with Crippen LogP contribution in [-0.4, -0.2) is 44.0 Å². The van der Waals surface area contributed by atoms with Crippen molar-refractivity contribution in [3.8, 4) is 0 Å². The van der Waals surface area contributed by atoms with Crippen LogP contribution in [0.5, 0.6) is 0 Å². The van der Waals surface area contributed by atoms with Crippen LogP contribution in [0.4, 0.5) is 5.69 Å². The largest absolute Gasteiger partial charge is 0.328 e. The molecule has 32 heavy (non-hydrogen) atoms. The van der Waals surface area contributed by atoms with Crippen LogP contribution in [0, 0.1) is 0 Å². The van der Waals surface area contributed by atoms with Crippen LogP contribution in [0.25, 0.3) is 17.0 Å². The van der Waals surface area contributed by atoms with E-state index < -0.39 is 15.9 Å². The number of carbonyl (C=O) groups is 1. The molecule has 0 saturated carbocycles. The molecule has 1 aliphatic heterocycles. The molecular weight excluding hydrogens is 487 g/mol. The second kappa shape index (κ2) is 9.63. The van der Waals surface area contributed by atoms with Gasteiger partial charge in [-0.05, 0) is 36.0 Å². The average Bonchev–Trinajstić information content (AvgIpc) is 3.16. The highest BCUT2D eigenvalue weighted by Gasteiger charge is 2.43. The number of nitrogens with zero attached hydrogens (tertiary/aromatic N) is 3. The Morgan fingerprint density at radius 3 is 2.56 bits per heavy atom. The van der Waals surface area contributed by atoms with Crippen LogP contribution < -0.4 is 10.2 Å². The van der Waals surface area contributed by atoms with Crippen LogP contribution in [0.3, 0.4) is 0 Å². The molecule has 1 saturated heterocycles. The molecule has 1 N–H and O–H groups in total. The lowest BCUT2D eigenvalue weighted by Crippen LogP contribution is -2.56. The predicted octanol–water partition coefficient (Wildman–Crippen LogP) is 5.17. The van der Waals surface area contributed by atoms with Gasteiger partial charge in [-0.15, -0.1) is 0 Å². The fourth-order valence-corrected chi connectivity index (χ4v) is 4.48. The number of carbonyl (C=O) groups excluding carboxylic acids is 1. The normalized spacial score (nSPS) is 15.5. The number of nitrogens with one attached hydrogen (secondary N) is 1. The zero-order valence-electron chi connectivity index (χ0n) is 16.8. The summed E-state index contributed by atoms with van der Waals surface area (Å²) in [6, 6.07) is 19.2. The number of anilines is 1.